The van der Waals surface area contributed by atoms with Crippen LogP contribution in [0.1, 0.15) is 29.9 Å². The summed E-state index contributed by atoms with van der Waals surface area (Å²) >= 11 is 0. The highest BCUT2D eigenvalue weighted by Crippen LogP contribution is 2.42. The van der Waals surface area contributed by atoms with Gasteiger partial charge >= 0.3 is 0 Å². The SMILES string of the molecule is O=C(NCc1cccnc1)C(c1ccc(F)cc1)C1CC1. The summed E-state index contributed by atoms with van der Waals surface area (Å²) in [4.78, 5) is 16.5. The van der Waals surface area contributed by atoms with Crippen molar-refractivity contribution in [2.75, 3.05) is 0 Å². The second-order valence-electron chi connectivity index (χ2n) is 5.45. The molecule has 1 aliphatic carbocycles. The van der Waals surface area contributed by atoms with E-state index in [1.807, 2.05) is 12.1 Å². The number of carbonyl (C=O) groups is 1. The summed E-state index contributed by atoms with van der Waals surface area (Å²) in [6.07, 6.45) is 5.56. The van der Waals surface area contributed by atoms with E-state index >= 15 is 0 Å². The summed E-state index contributed by atoms with van der Waals surface area (Å²) < 4.78 is 13.0. The standard InChI is InChI=1S/C17H17FN2O/c18-15-7-5-14(6-8-15)16(13-3-4-13)17(21)20-11-12-2-1-9-19-10-12/h1-2,5-10,13,16H,3-4,11H2,(H,20,21). The largest absolute Gasteiger partial charge is 0.351 e. The van der Waals surface area contributed by atoms with E-state index in [1.54, 1.807) is 24.5 Å². The Morgan fingerprint density at radius 3 is 2.67 bits per heavy atom. The Kier molecular flexibility index (Phi) is 3.95. The Morgan fingerprint density at radius 1 is 1.29 bits per heavy atom. The van der Waals surface area contributed by atoms with E-state index in [-0.39, 0.29) is 17.6 Å². The zero-order valence-electron chi connectivity index (χ0n) is 11.6. The molecule has 4 heteroatoms. The van der Waals surface area contributed by atoms with Crippen molar-refractivity contribution in [2.24, 2.45) is 5.92 Å². The molecule has 3 rings (SSSR count). The quantitative estimate of drug-likeness (QED) is 0.917. The van der Waals surface area contributed by atoms with Crippen LogP contribution in [0.4, 0.5) is 4.39 Å². The van der Waals surface area contributed by atoms with Crippen LogP contribution in [0, 0.1) is 11.7 Å². The highest BCUT2D eigenvalue weighted by Gasteiger charge is 2.37. The van der Waals surface area contributed by atoms with Gasteiger partial charge in [-0.1, -0.05) is 18.2 Å². The topological polar surface area (TPSA) is 42.0 Å². The average molecular weight is 284 g/mol. The number of halogens is 1. The summed E-state index contributed by atoms with van der Waals surface area (Å²) in [6.45, 7) is 0.469. The summed E-state index contributed by atoms with van der Waals surface area (Å²) in [5, 5.41) is 2.96. The lowest BCUT2D eigenvalue weighted by Gasteiger charge is -2.16. The minimum atomic E-state index is -0.274. The third-order valence-corrected chi connectivity index (χ3v) is 3.79. The number of benzene rings is 1. The van der Waals surface area contributed by atoms with Crippen LogP contribution in [0.25, 0.3) is 0 Å². The fourth-order valence-electron chi connectivity index (χ4n) is 2.54. The Hall–Kier alpha value is -2.23. The van der Waals surface area contributed by atoms with Crippen molar-refractivity contribution in [1.82, 2.24) is 10.3 Å². The van der Waals surface area contributed by atoms with Gasteiger partial charge in [0, 0.05) is 18.9 Å². The monoisotopic (exact) mass is 284 g/mol. The van der Waals surface area contributed by atoms with Crippen molar-refractivity contribution >= 4 is 5.91 Å². The van der Waals surface area contributed by atoms with Gasteiger partial charge in [-0.25, -0.2) is 4.39 Å². The van der Waals surface area contributed by atoms with E-state index in [9.17, 15) is 9.18 Å². The maximum atomic E-state index is 13.0. The van der Waals surface area contributed by atoms with Gasteiger partial charge in [-0.15, -0.1) is 0 Å². The molecule has 1 aromatic heterocycles. The van der Waals surface area contributed by atoms with Crippen LogP contribution < -0.4 is 5.32 Å². The molecule has 1 atom stereocenters. The van der Waals surface area contributed by atoms with E-state index in [2.05, 4.69) is 10.3 Å². The van der Waals surface area contributed by atoms with Crippen molar-refractivity contribution in [3.05, 3.63) is 65.7 Å². The molecule has 0 radical (unpaired) electrons. The first-order valence-corrected chi connectivity index (χ1v) is 7.16. The minimum absolute atomic E-state index is 0.00737. The van der Waals surface area contributed by atoms with E-state index in [1.165, 1.54) is 12.1 Å². The minimum Gasteiger partial charge on any atom is -0.351 e. The van der Waals surface area contributed by atoms with E-state index < -0.39 is 0 Å². The summed E-state index contributed by atoms with van der Waals surface area (Å²) in [5.74, 6) is -0.0661. The fraction of sp³-hybridized carbons (Fsp3) is 0.294. The molecule has 1 heterocycles. The number of hydrogen-bond acceptors (Lipinski definition) is 2. The number of rotatable bonds is 5. The van der Waals surface area contributed by atoms with E-state index in [4.69, 9.17) is 0 Å². The summed E-state index contributed by atoms with van der Waals surface area (Å²) in [5.41, 5.74) is 1.86. The second kappa shape index (κ2) is 6.04. The van der Waals surface area contributed by atoms with Crippen LogP contribution in [0.15, 0.2) is 48.8 Å². The highest BCUT2D eigenvalue weighted by molar-refractivity contribution is 5.84. The van der Waals surface area contributed by atoms with Gasteiger partial charge in [0.1, 0.15) is 5.82 Å². The number of nitrogens with one attached hydrogen (secondary N) is 1. The first-order chi connectivity index (χ1) is 10.2. The molecule has 3 nitrogen and oxygen atoms in total. The normalized spacial score (nSPS) is 15.5. The average Bonchev–Trinajstić information content (AvgIpc) is 3.33. The second-order valence-corrected chi connectivity index (χ2v) is 5.45. The van der Waals surface area contributed by atoms with Gasteiger partial charge in [-0.2, -0.15) is 0 Å². The number of nitrogens with zero attached hydrogens (tertiary/aromatic N) is 1. The molecule has 0 saturated heterocycles. The van der Waals surface area contributed by atoms with Crippen molar-refractivity contribution in [2.45, 2.75) is 25.3 Å². The zero-order valence-corrected chi connectivity index (χ0v) is 11.6. The molecule has 0 bridgehead atoms. The maximum absolute atomic E-state index is 13.0. The molecule has 1 unspecified atom stereocenters. The van der Waals surface area contributed by atoms with Crippen molar-refractivity contribution in [3.8, 4) is 0 Å². The molecule has 1 saturated carbocycles. The van der Waals surface area contributed by atoms with Crippen molar-refractivity contribution < 1.29 is 9.18 Å². The molecule has 108 valence electrons. The van der Waals surface area contributed by atoms with E-state index in [0.717, 1.165) is 24.0 Å². The molecular formula is C17H17FN2O. The number of pyridine rings is 1. The lowest BCUT2D eigenvalue weighted by molar-refractivity contribution is -0.123. The van der Waals surface area contributed by atoms with Crippen LogP contribution in [0.2, 0.25) is 0 Å². The molecule has 2 aromatic rings. The molecule has 1 aliphatic rings. The molecular weight excluding hydrogens is 267 g/mol. The molecule has 1 amide bonds. The lowest BCUT2D eigenvalue weighted by atomic mass is 9.93. The summed E-state index contributed by atoms with van der Waals surface area (Å²) in [6, 6.07) is 10.0. The van der Waals surface area contributed by atoms with Crippen LogP contribution in [0.3, 0.4) is 0 Å². The number of amides is 1. The van der Waals surface area contributed by atoms with Gasteiger partial charge in [-0.05, 0) is 48.1 Å². The molecule has 1 N–H and O–H groups in total. The van der Waals surface area contributed by atoms with Crippen LogP contribution in [-0.4, -0.2) is 10.9 Å². The van der Waals surface area contributed by atoms with Gasteiger partial charge in [0.2, 0.25) is 5.91 Å². The maximum Gasteiger partial charge on any atom is 0.228 e. The van der Waals surface area contributed by atoms with Gasteiger partial charge in [0.15, 0.2) is 0 Å². The van der Waals surface area contributed by atoms with Crippen LogP contribution >= 0.6 is 0 Å². The first kappa shape index (κ1) is 13.7. The molecule has 0 aliphatic heterocycles. The van der Waals surface area contributed by atoms with Crippen LogP contribution in [-0.2, 0) is 11.3 Å². The number of hydrogen-bond donors (Lipinski definition) is 1. The third-order valence-electron chi connectivity index (χ3n) is 3.79. The Balaban J connectivity index is 1.69. The van der Waals surface area contributed by atoms with Crippen molar-refractivity contribution in [1.29, 1.82) is 0 Å². The highest BCUT2D eigenvalue weighted by atomic mass is 19.1. The molecule has 21 heavy (non-hydrogen) atoms. The van der Waals surface area contributed by atoms with Gasteiger partial charge < -0.3 is 5.32 Å². The molecule has 1 fully saturated rings. The van der Waals surface area contributed by atoms with Crippen molar-refractivity contribution in [3.63, 3.8) is 0 Å². The zero-order chi connectivity index (χ0) is 14.7. The number of aromatic nitrogens is 1. The molecule has 0 spiro atoms. The smallest absolute Gasteiger partial charge is 0.228 e. The van der Waals surface area contributed by atoms with Gasteiger partial charge in [-0.3, -0.25) is 9.78 Å². The Morgan fingerprint density at radius 2 is 2.05 bits per heavy atom. The van der Waals surface area contributed by atoms with E-state index in [0.29, 0.717) is 12.5 Å². The Labute approximate surface area is 123 Å². The van der Waals surface area contributed by atoms with Gasteiger partial charge in [0.25, 0.3) is 0 Å². The lowest BCUT2D eigenvalue weighted by Crippen LogP contribution is -2.30. The number of carbonyl (C=O) groups excluding carboxylic acids is 1. The predicted molar refractivity (Wildman–Crippen MR) is 77.9 cm³/mol. The summed E-state index contributed by atoms with van der Waals surface area (Å²) in [7, 11) is 0. The third kappa shape index (κ3) is 3.45. The first-order valence-electron chi connectivity index (χ1n) is 7.16. The fourth-order valence-corrected chi connectivity index (χ4v) is 2.54. The molecule has 1 aromatic carbocycles. The van der Waals surface area contributed by atoms with Crippen LogP contribution in [0.5, 0.6) is 0 Å². The van der Waals surface area contributed by atoms with Gasteiger partial charge in [0.05, 0.1) is 5.92 Å². The Bertz CT molecular complexity index is 608. The predicted octanol–water partition coefficient (Wildman–Crippen LogP) is 3.03.